The van der Waals surface area contributed by atoms with Gasteiger partial charge in [-0.2, -0.15) is 11.8 Å². The Labute approximate surface area is 254 Å². The van der Waals surface area contributed by atoms with Crippen LogP contribution in [-0.2, 0) is 25.6 Å². The van der Waals surface area contributed by atoms with Crippen LogP contribution in [0.4, 0.5) is 0 Å². The van der Waals surface area contributed by atoms with Gasteiger partial charge in [-0.25, -0.2) is 4.79 Å². The van der Waals surface area contributed by atoms with Crippen LogP contribution in [0.3, 0.4) is 0 Å². The van der Waals surface area contributed by atoms with Gasteiger partial charge in [0.25, 0.3) is 0 Å². The molecule has 3 amide bonds. The summed E-state index contributed by atoms with van der Waals surface area (Å²) in [4.78, 5) is 59.2. The molecule has 240 valence electrons. The number of hydrogen-bond acceptors (Lipinski definition) is 9. The van der Waals surface area contributed by atoms with Crippen molar-refractivity contribution in [1.82, 2.24) is 16.0 Å². The number of carbonyl (C=O) groups excluding carboxylic acids is 3. The van der Waals surface area contributed by atoms with Gasteiger partial charge in [-0.15, -0.1) is 0 Å². The zero-order chi connectivity index (χ0) is 32.4. The molecule has 0 radical (unpaired) electrons. The highest BCUT2D eigenvalue weighted by molar-refractivity contribution is 7.98. The van der Waals surface area contributed by atoms with Crippen molar-refractivity contribution in [2.75, 3.05) is 25.1 Å². The van der Waals surface area contributed by atoms with Gasteiger partial charge in [0.1, 0.15) is 23.9 Å². The van der Waals surface area contributed by atoms with E-state index >= 15 is 0 Å². The van der Waals surface area contributed by atoms with Crippen molar-refractivity contribution in [2.45, 2.75) is 62.7 Å². The minimum absolute atomic E-state index is 0.00775. The van der Waals surface area contributed by atoms with Crippen LogP contribution in [0, 0.1) is 0 Å². The van der Waals surface area contributed by atoms with Gasteiger partial charge < -0.3 is 54.8 Å². The second-order valence-electron chi connectivity index (χ2n) is 9.68. The van der Waals surface area contributed by atoms with E-state index in [0.717, 1.165) is 0 Å². The molecule has 0 bridgehead atoms. The number of phenols is 1. The van der Waals surface area contributed by atoms with Crippen LogP contribution in [0.1, 0.15) is 37.7 Å². The number of amides is 3. The van der Waals surface area contributed by atoms with Crippen LogP contribution in [0.5, 0.6) is 5.75 Å². The van der Waals surface area contributed by atoms with Crippen molar-refractivity contribution in [3.8, 4) is 5.75 Å². The van der Waals surface area contributed by atoms with Gasteiger partial charge in [0.05, 0.1) is 6.04 Å². The molecule has 0 heterocycles. The number of carbonyl (C=O) groups is 4. The Morgan fingerprint density at radius 2 is 1.26 bits per heavy atom. The molecule has 0 aliphatic heterocycles. The van der Waals surface area contributed by atoms with Crippen molar-refractivity contribution < 1.29 is 29.4 Å². The summed E-state index contributed by atoms with van der Waals surface area (Å²) < 4.78 is 0. The first-order chi connectivity index (χ1) is 20.3. The lowest BCUT2D eigenvalue weighted by Crippen LogP contribution is -2.57. The number of nitrogens with zero attached hydrogens (tertiary/aromatic N) is 2. The topological polar surface area (TPSA) is 300 Å². The predicted molar refractivity (Wildman–Crippen MR) is 166 cm³/mol. The summed E-state index contributed by atoms with van der Waals surface area (Å²) in [6.07, 6.45) is 2.98. The number of nitrogens with one attached hydrogen (secondary N) is 3. The number of carboxylic acids is 1. The van der Waals surface area contributed by atoms with Crippen molar-refractivity contribution in [1.29, 1.82) is 0 Å². The maximum Gasteiger partial charge on any atom is 0.326 e. The Hall–Kier alpha value is -4.25. The van der Waals surface area contributed by atoms with E-state index in [1.54, 1.807) is 0 Å². The van der Waals surface area contributed by atoms with Crippen molar-refractivity contribution in [3.05, 3.63) is 29.8 Å². The smallest absolute Gasteiger partial charge is 0.326 e. The Morgan fingerprint density at radius 3 is 1.70 bits per heavy atom. The highest BCUT2D eigenvalue weighted by atomic mass is 32.2. The lowest BCUT2D eigenvalue weighted by atomic mass is 10.0. The number of guanidine groups is 2. The molecular weight excluding hydrogens is 580 g/mol. The molecule has 15 N–H and O–H groups in total. The van der Waals surface area contributed by atoms with Crippen LogP contribution in [-0.4, -0.2) is 95.1 Å². The third kappa shape index (κ3) is 15.5. The fourth-order valence-corrected chi connectivity index (χ4v) is 4.30. The number of nitrogens with two attached hydrogens (primary N) is 5. The number of carboxylic acid groups (broad SMARTS) is 1. The monoisotopic (exact) mass is 624 g/mol. The third-order valence-corrected chi connectivity index (χ3v) is 6.76. The Bertz CT molecular complexity index is 1110. The number of benzene rings is 1. The quantitative estimate of drug-likeness (QED) is 0.0415. The third-order valence-electron chi connectivity index (χ3n) is 6.12. The lowest BCUT2D eigenvalue weighted by Gasteiger charge is -2.25. The molecule has 0 aliphatic rings. The predicted octanol–water partition coefficient (Wildman–Crippen LogP) is -2.34. The Morgan fingerprint density at radius 1 is 0.791 bits per heavy atom. The van der Waals surface area contributed by atoms with Crippen LogP contribution in [0.15, 0.2) is 34.3 Å². The average Bonchev–Trinajstić information content (AvgIpc) is 2.94. The van der Waals surface area contributed by atoms with Gasteiger partial charge in [-0.3, -0.25) is 24.4 Å². The Kier molecular flexibility index (Phi) is 16.9. The molecule has 4 atom stereocenters. The number of thioether (sulfide) groups is 1. The molecule has 17 heteroatoms. The SMILES string of the molecule is CSCCC(N)C(=O)NC(CCCN=C(N)N)C(=O)NC(CCCN=C(N)N)C(=O)NC(Cc1ccc(O)cc1)C(=O)O. The summed E-state index contributed by atoms with van der Waals surface area (Å²) in [5.74, 6) is -2.89. The molecule has 1 aromatic rings. The number of aliphatic imine (C=N–C) groups is 2. The zero-order valence-corrected chi connectivity index (χ0v) is 25.0. The van der Waals surface area contributed by atoms with E-state index in [-0.39, 0.29) is 56.4 Å². The molecule has 1 rings (SSSR count). The van der Waals surface area contributed by atoms with Gasteiger partial charge in [0.2, 0.25) is 17.7 Å². The Balaban J connectivity index is 3.12. The molecule has 1 aromatic carbocycles. The van der Waals surface area contributed by atoms with Crippen LogP contribution in [0.25, 0.3) is 0 Å². The second-order valence-corrected chi connectivity index (χ2v) is 10.7. The normalized spacial score (nSPS) is 13.4. The zero-order valence-electron chi connectivity index (χ0n) is 24.2. The molecule has 0 saturated heterocycles. The number of aliphatic carboxylic acids is 1. The molecular formula is C26H44N10O6S. The number of aromatic hydroxyl groups is 1. The summed E-state index contributed by atoms with van der Waals surface area (Å²) in [7, 11) is 0. The van der Waals surface area contributed by atoms with Gasteiger partial charge in [-0.1, -0.05) is 12.1 Å². The van der Waals surface area contributed by atoms with E-state index in [1.807, 2.05) is 6.26 Å². The number of rotatable bonds is 20. The molecule has 16 nitrogen and oxygen atoms in total. The van der Waals surface area contributed by atoms with E-state index in [0.29, 0.717) is 24.2 Å². The van der Waals surface area contributed by atoms with Crippen LogP contribution in [0.2, 0.25) is 0 Å². The van der Waals surface area contributed by atoms with E-state index in [1.165, 1.54) is 36.0 Å². The summed E-state index contributed by atoms with van der Waals surface area (Å²) in [6, 6.07) is 1.41. The lowest BCUT2D eigenvalue weighted by molar-refractivity contribution is -0.142. The molecule has 0 spiro atoms. The first-order valence-electron chi connectivity index (χ1n) is 13.6. The van der Waals surface area contributed by atoms with Crippen LogP contribution >= 0.6 is 11.8 Å². The maximum atomic E-state index is 13.4. The average molecular weight is 625 g/mol. The molecule has 4 unspecified atom stereocenters. The van der Waals surface area contributed by atoms with Crippen molar-refractivity contribution in [3.63, 3.8) is 0 Å². The highest BCUT2D eigenvalue weighted by Crippen LogP contribution is 2.12. The minimum Gasteiger partial charge on any atom is -0.508 e. The van der Waals surface area contributed by atoms with Gasteiger partial charge in [0, 0.05) is 19.5 Å². The minimum atomic E-state index is -1.33. The van der Waals surface area contributed by atoms with Gasteiger partial charge >= 0.3 is 5.97 Å². The van der Waals surface area contributed by atoms with E-state index in [2.05, 4.69) is 25.9 Å². The number of hydrogen-bond donors (Lipinski definition) is 10. The van der Waals surface area contributed by atoms with Gasteiger partial charge in [0.15, 0.2) is 11.9 Å². The van der Waals surface area contributed by atoms with E-state index in [9.17, 15) is 29.4 Å². The molecule has 0 fully saturated rings. The van der Waals surface area contributed by atoms with Crippen molar-refractivity contribution in [2.24, 2.45) is 38.7 Å². The molecule has 43 heavy (non-hydrogen) atoms. The fraction of sp³-hybridized carbons (Fsp3) is 0.538. The molecule has 0 saturated carbocycles. The molecule has 0 aromatic heterocycles. The first-order valence-corrected chi connectivity index (χ1v) is 15.0. The van der Waals surface area contributed by atoms with Gasteiger partial charge in [-0.05, 0) is 61.8 Å². The van der Waals surface area contributed by atoms with Crippen LogP contribution < -0.4 is 44.6 Å². The molecule has 0 aliphatic carbocycles. The van der Waals surface area contributed by atoms with E-state index in [4.69, 9.17) is 28.7 Å². The fourth-order valence-electron chi connectivity index (χ4n) is 3.81. The first kappa shape index (κ1) is 36.8. The number of phenolic OH excluding ortho intramolecular Hbond substituents is 1. The highest BCUT2D eigenvalue weighted by Gasteiger charge is 2.30. The summed E-state index contributed by atoms with van der Waals surface area (Å²) in [6.45, 7) is 0.349. The summed E-state index contributed by atoms with van der Waals surface area (Å²) in [5, 5.41) is 27.0. The largest absolute Gasteiger partial charge is 0.508 e. The second kappa shape index (κ2) is 19.8. The van der Waals surface area contributed by atoms with Crippen molar-refractivity contribution >= 4 is 47.4 Å². The maximum absolute atomic E-state index is 13.4. The standard InChI is InChI=1S/C26H44N10O6S/c1-43-13-10-17(27)21(38)34-18(4-2-11-32-25(28)29)22(39)35-19(5-3-12-33-26(30)31)23(40)36-20(24(41)42)14-15-6-8-16(37)9-7-15/h6-9,17-20,37H,2-5,10-14,27H2,1H3,(H,34,38)(H,35,39)(H,36,40)(H,41,42)(H4,28,29,32)(H4,30,31,33). The summed E-state index contributed by atoms with van der Waals surface area (Å²) >= 11 is 1.52. The summed E-state index contributed by atoms with van der Waals surface area (Å²) in [5.41, 5.74) is 28.0. The van der Waals surface area contributed by atoms with E-state index < -0.39 is 47.9 Å².